The molecule has 0 saturated carbocycles. The molecule has 0 unspecified atom stereocenters. The lowest BCUT2D eigenvalue weighted by Gasteiger charge is -2.10. The minimum Gasteiger partial charge on any atom is -0.504 e. The molecule has 0 radical (unpaired) electrons. The first-order chi connectivity index (χ1) is 7.10. The standard InChI is InChI=1S/C10H11FO4/c1-3-15-9-7(10(13)14-2)4-6(11)5-8(9)12/h4-5,12H,3H2,1-2H3. The quantitative estimate of drug-likeness (QED) is 0.778. The number of benzene rings is 1. The molecule has 4 nitrogen and oxygen atoms in total. The molecule has 15 heavy (non-hydrogen) atoms. The summed E-state index contributed by atoms with van der Waals surface area (Å²) in [5, 5.41) is 9.37. The molecule has 0 saturated heterocycles. The Hall–Kier alpha value is -1.78. The highest BCUT2D eigenvalue weighted by molar-refractivity contribution is 5.93. The van der Waals surface area contributed by atoms with Gasteiger partial charge in [0.15, 0.2) is 11.5 Å². The number of aromatic hydroxyl groups is 1. The largest absolute Gasteiger partial charge is 0.504 e. The molecule has 0 spiro atoms. The van der Waals surface area contributed by atoms with Crippen molar-refractivity contribution in [1.82, 2.24) is 0 Å². The minimum atomic E-state index is -0.756. The van der Waals surface area contributed by atoms with Crippen LogP contribution >= 0.6 is 0 Å². The van der Waals surface area contributed by atoms with Gasteiger partial charge in [-0.3, -0.25) is 0 Å². The molecule has 1 aromatic carbocycles. The smallest absolute Gasteiger partial charge is 0.341 e. The highest BCUT2D eigenvalue weighted by Crippen LogP contribution is 2.31. The SMILES string of the molecule is CCOc1c(O)cc(F)cc1C(=O)OC. The van der Waals surface area contributed by atoms with Crippen LogP contribution in [-0.4, -0.2) is 24.8 Å². The van der Waals surface area contributed by atoms with E-state index in [1.807, 2.05) is 0 Å². The van der Waals surface area contributed by atoms with Crippen molar-refractivity contribution in [2.24, 2.45) is 0 Å². The van der Waals surface area contributed by atoms with Crippen LogP contribution in [0.15, 0.2) is 12.1 Å². The maximum Gasteiger partial charge on any atom is 0.341 e. The minimum absolute atomic E-state index is 0.0641. The number of esters is 1. The Balaban J connectivity index is 3.26. The van der Waals surface area contributed by atoms with Gasteiger partial charge in [0.25, 0.3) is 0 Å². The average molecular weight is 214 g/mol. The lowest BCUT2D eigenvalue weighted by molar-refractivity contribution is 0.0594. The number of phenols is 1. The van der Waals surface area contributed by atoms with Gasteiger partial charge in [0.1, 0.15) is 11.4 Å². The van der Waals surface area contributed by atoms with Crippen LogP contribution in [0.1, 0.15) is 17.3 Å². The van der Waals surface area contributed by atoms with Crippen LogP contribution in [0, 0.1) is 5.82 Å². The van der Waals surface area contributed by atoms with E-state index in [1.165, 1.54) is 7.11 Å². The van der Waals surface area contributed by atoms with Gasteiger partial charge in [0.2, 0.25) is 0 Å². The average Bonchev–Trinajstić information content (AvgIpc) is 2.20. The Morgan fingerprint density at radius 2 is 2.20 bits per heavy atom. The van der Waals surface area contributed by atoms with E-state index in [4.69, 9.17) is 4.74 Å². The molecule has 0 atom stereocenters. The molecular formula is C10H11FO4. The highest BCUT2D eigenvalue weighted by atomic mass is 19.1. The van der Waals surface area contributed by atoms with E-state index in [2.05, 4.69) is 4.74 Å². The Kier molecular flexibility index (Phi) is 3.49. The van der Waals surface area contributed by atoms with Gasteiger partial charge >= 0.3 is 5.97 Å². The monoisotopic (exact) mass is 214 g/mol. The molecule has 1 aromatic rings. The second-order valence-corrected chi connectivity index (χ2v) is 2.73. The Morgan fingerprint density at radius 3 is 2.73 bits per heavy atom. The summed E-state index contributed by atoms with van der Waals surface area (Å²) in [7, 11) is 1.17. The first kappa shape index (κ1) is 11.3. The van der Waals surface area contributed by atoms with E-state index in [0.717, 1.165) is 12.1 Å². The van der Waals surface area contributed by atoms with Gasteiger partial charge in [0.05, 0.1) is 13.7 Å². The van der Waals surface area contributed by atoms with Crippen molar-refractivity contribution < 1.29 is 23.8 Å². The van der Waals surface area contributed by atoms with Crippen LogP contribution in [0.4, 0.5) is 4.39 Å². The number of methoxy groups -OCH3 is 1. The summed E-state index contributed by atoms with van der Waals surface area (Å²) < 4.78 is 22.4. The first-order valence-corrected chi connectivity index (χ1v) is 4.33. The molecule has 0 aromatic heterocycles. The fourth-order valence-electron chi connectivity index (χ4n) is 1.14. The third-order valence-electron chi connectivity index (χ3n) is 1.73. The third-order valence-corrected chi connectivity index (χ3v) is 1.73. The predicted octanol–water partition coefficient (Wildman–Crippen LogP) is 1.72. The van der Waals surface area contributed by atoms with Gasteiger partial charge in [-0.25, -0.2) is 9.18 Å². The fourth-order valence-corrected chi connectivity index (χ4v) is 1.14. The van der Waals surface area contributed by atoms with Crippen LogP contribution in [0.2, 0.25) is 0 Å². The van der Waals surface area contributed by atoms with Gasteiger partial charge in [-0.2, -0.15) is 0 Å². The molecule has 0 heterocycles. The van der Waals surface area contributed by atoms with E-state index >= 15 is 0 Å². The van der Waals surface area contributed by atoms with Crippen LogP contribution in [0.25, 0.3) is 0 Å². The van der Waals surface area contributed by atoms with E-state index in [9.17, 15) is 14.3 Å². The third kappa shape index (κ3) is 2.37. The van der Waals surface area contributed by atoms with E-state index < -0.39 is 17.5 Å². The number of carbonyl (C=O) groups excluding carboxylic acids is 1. The summed E-state index contributed by atoms with van der Waals surface area (Å²) in [5.74, 6) is -1.97. The first-order valence-electron chi connectivity index (χ1n) is 4.33. The molecule has 1 N–H and O–H groups in total. The summed E-state index contributed by atoms with van der Waals surface area (Å²) in [6.07, 6.45) is 0. The number of rotatable bonds is 3. The Morgan fingerprint density at radius 1 is 1.53 bits per heavy atom. The highest BCUT2D eigenvalue weighted by Gasteiger charge is 2.18. The maximum atomic E-state index is 12.9. The predicted molar refractivity (Wildman–Crippen MR) is 50.6 cm³/mol. The number of hydrogen-bond donors (Lipinski definition) is 1. The fraction of sp³-hybridized carbons (Fsp3) is 0.300. The molecule has 5 heteroatoms. The van der Waals surface area contributed by atoms with Crippen molar-refractivity contribution in [2.75, 3.05) is 13.7 Å². The van der Waals surface area contributed by atoms with E-state index in [-0.39, 0.29) is 17.9 Å². The number of ether oxygens (including phenoxy) is 2. The molecule has 0 aliphatic rings. The Bertz CT molecular complexity index is 376. The molecule has 1 rings (SSSR count). The summed E-state index contributed by atoms with van der Waals surface area (Å²) in [6.45, 7) is 1.94. The van der Waals surface area contributed by atoms with E-state index in [0.29, 0.717) is 0 Å². The summed E-state index contributed by atoms with van der Waals surface area (Å²) in [5.41, 5.74) is -0.128. The van der Waals surface area contributed by atoms with Crippen molar-refractivity contribution >= 4 is 5.97 Å². The summed E-state index contributed by atoms with van der Waals surface area (Å²) in [4.78, 5) is 11.2. The summed E-state index contributed by atoms with van der Waals surface area (Å²) in [6, 6.07) is 1.83. The van der Waals surface area contributed by atoms with Gasteiger partial charge in [0, 0.05) is 6.07 Å². The molecule has 0 aliphatic carbocycles. The zero-order chi connectivity index (χ0) is 11.4. The van der Waals surface area contributed by atoms with E-state index in [1.54, 1.807) is 6.92 Å². The molecule has 0 aliphatic heterocycles. The maximum absolute atomic E-state index is 12.9. The van der Waals surface area contributed by atoms with Crippen LogP contribution in [0.5, 0.6) is 11.5 Å². The number of phenolic OH excluding ortho intramolecular Hbond substituents is 1. The van der Waals surface area contributed by atoms with Crippen LogP contribution < -0.4 is 4.74 Å². The number of carbonyl (C=O) groups is 1. The number of halogens is 1. The van der Waals surface area contributed by atoms with Crippen LogP contribution in [0.3, 0.4) is 0 Å². The molecule has 0 bridgehead atoms. The molecule has 0 fully saturated rings. The lowest BCUT2D eigenvalue weighted by atomic mass is 10.2. The lowest BCUT2D eigenvalue weighted by Crippen LogP contribution is -2.06. The van der Waals surface area contributed by atoms with Crippen molar-refractivity contribution in [3.05, 3.63) is 23.5 Å². The van der Waals surface area contributed by atoms with Crippen molar-refractivity contribution in [3.8, 4) is 11.5 Å². The second-order valence-electron chi connectivity index (χ2n) is 2.73. The van der Waals surface area contributed by atoms with Gasteiger partial charge < -0.3 is 14.6 Å². The van der Waals surface area contributed by atoms with Crippen molar-refractivity contribution in [1.29, 1.82) is 0 Å². The zero-order valence-corrected chi connectivity index (χ0v) is 8.41. The van der Waals surface area contributed by atoms with Gasteiger partial charge in [-0.05, 0) is 13.0 Å². The van der Waals surface area contributed by atoms with Crippen molar-refractivity contribution in [2.45, 2.75) is 6.92 Å². The van der Waals surface area contributed by atoms with Gasteiger partial charge in [-0.1, -0.05) is 0 Å². The zero-order valence-electron chi connectivity index (χ0n) is 8.41. The van der Waals surface area contributed by atoms with Gasteiger partial charge in [-0.15, -0.1) is 0 Å². The normalized spacial score (nSPS) is 9.80. The van der Waals surface area contributed by atoms with Crippen molar-refractivity contribution in [3.63, 3.8) is 0 Å². The molecule has 0 amide bonds. The molecule has 82 valence electrons. The Labute approximate surface area is 86.2 Å². The molecular weight excluding hydrogens is 203 g/mol. The second kappa shape index (κ2) is 4.63. The van der Waals surface area contributed by atoms with Crippen LogP contribution in [-0.2, 0) is 4.74 Å². The number of hydrogen-bond acceptors (Lipinski definition) is 4. The summed E-state index contributed by atoms with van der Waals surface area (Å²) >= 11 is 0. The topological polar surface area (TPSA) is 55.8 Å².